The number of hydrogen-bond acceptors (Lipinski definition) is 4. The number of anilines is 1. The highest BCUT2D eigenvalue weighted by Gasteiger charge is 2.13. The van der Waals surface area contributed by atoms with E-state index in [0.717, 1.165) is 0 Å². The first-order valence-corrected chi connectivity index (χ1v) is 6.30. The molecule has 6 heteroatoms. The summed E-state index contributed by atoms with van der Waals surface area (Å²) in [6.45, 7) is 6.21. The predicted molar refractivity (Wildman–Crippen MR) is 75.0 cm³/mol. The molecule has 1 aromatic heterocycles. The third kappa shape index (κ3) is 6.07. The van der Waals surface area contributed by atoms with Crippen molar-refractivity contribution in [2.45, 2.75) is 32.7 Å². The van der Waals surface area contributed by atoms with Crippen molar-refractivity contribution in [1.29, 1.82) is 5.26 Å². The highest BCUT2D eigenvalue weighted by atomic mass is 35.5. The van der Waals surface area contributed by atoms with E-state index in [1.54, 1.807) is 6.07 Å². The van der Waals surface area contributed by atoms with Gasteiger partial charge >= 0.3 is 0 Å². The average molecular weight is 281 g/mol. The maximum Gasteiger partial charge on any atom is 0.222 e. The van der Waals surface area contributed by atoms with Crippen molar-refractivity contribution in [2.24, 2.45) is 0 Å². The Balaban J connectivity index is 2.48. The van der Waals surface area contributed by atoms with Crippen LogP contribution in [-0.2, 0) is 4.79 Å². The topological polar surface area (TPSA) is 77.8 Å². The summed E-state index contributed by atoms with van der Waals surface area (Å²) in [5, 5.41) is 14.9. The lowest BCUT2D eigenvalue weighted by atomic mass is 10.1. The minimum absolute atomic E-state index is 0.0393. The Morgan fingerprint density at radius 2 is 2.16 bits per heavy atom. The lowest BCUT2D eigenvalue weighted by molar-refractivity contribution is -0.122. The van der Waals surface area contributed by atoms with Crippen LogP contribution in [0.25, 0.3) is 0 Å². The normalized spacial score (nSPS) is 10.7. The summed E-state index contributed by atoms with van der Waals surface area (Å²) in [6, 6.07) is 5.07. The van der Waals surface area contributed by atoms with Crippen molar-refractivity contribution < 1.29 is 4.79 Å². The van der Waals surface area contributed by atoms with Crippen LogP contribution in [-0.4, -0.2) is 23.0 Å². The van der Waals surface area contributed by atoms with Crippen molar-refractivity contribution in [1.82, 2.24) is 10.3 Å². The van der Waals surface area contributed by atoms with Crippen LogP contribution >= 0.6 is 11.6 Å². The van der Waals surface area contributed by atoms with Gasteiger partial charge in [0.25, 0.3) is 0 Å². The second kappa shape index (κ2) is 6.39. The molecule has 0 radical (unpaired) electrons. The monoisotopic (exact) mass is 280 g/mol. The van der Waals surface area contributed by atoms with Crippen LogP contribution in [0, 0.1) is 11.3 Å². The maximum absolute atomic E-state index is 11.6. The second-order valence-corrected chi connectivity index (χ2v) is 5.54. The van der Waals surface area contributed by atoms with Crippen molar-refractivity contribution >= 4 is 23.3 Å². The van der Waals surface area contributed by atoms with E-state index in [1.165, 1.54) is 6.07 Å². The molecule has 0 saturated heterocycles. The Morgan fingerprint density at radius 3 is 2.74 bits per heavy atom. The van der Waals surface area contributed by atoms with Gasteiger partial charge < -0.3 is 10.6 Å². The Bertz CT molecular complexity index is 502. The number of nitriles is 1. The van der Waals surface area contributed by atoms with E-state index >= 15 is 0 Å². The number of pyridine rings is 1. The van der Waals surface area contributed by atoms with E-state index < -0.39 is 0 Å². The fraction of sp³-hybridized carbons (Fsp3) is 0.462. The second-order valence-electron chi connectivity index (χ2n) is 5.15. The molecule has 0 aromatic carbocycles. The number of nitrogens with one attached hydrogen (secondary N) is 2. The minimum atomic E-state index is -0.237. The molecule has 19 heavy (non-hydrogen) atoms. The van der Waals surface area contributed by atoms with E-state index in [1.807, 2.05) is 26.8 Å². The van der Waals surface area contributed by atoms with E-state index in [-0.39, 0.29) is 16.6 Å². The molecule has 2 N–H and O–H groups in total. The van der Waals surface area contributed by atoms with Gasteiger partial charge in [0.2, 0.25) is 5.91 Å². The lowest BCUT2D eigenvalue weighted by Gasteiger charge is -2.20. The SMILES string of the molecule is CC(C)(C)NC(=O)CCNc1cc(C#N)cc(Cl)n1. The maximum atomic E-state index is 11.6. The van der Waals surface area contributed by atoms with Crippen LogP contribution in [0.15, 0.2) is 12.1 Å². The zero-order valence-corrected chi connectivity index (χ0v) is 12.0. The number of carbonyl (C=O) groups excluding carboxylic acids is 1. The Kier molecular flexibility index (Phi) is 5.13. The van der Waals surface area contributed by atoms with E-state index in [2.05, 4.69) is 15.6 Å². The smallest absolute Gasteiger partial charge is 0.222 e. The fourth-order valence-corrected chi connectivity index (χ4v) is 1.65. The van der Waals surface area contributed by atoms with Gasteiger partial charge in [-0.3, -0.25) is 4.79 Å². The zero-order valence-electron chi connectivity index (χ0n) is 11.2. The van der Waals surface area contributed by atoms with Crippen LogP contribution in [0.2, 0.25) is 5.15 Å². The number of carbonyl (C=O) groups is 1. The van der Waals surface area contributed by atoms with Crippen molar-refractivity contribution in [3.8, 4) is 6.07 Å². The molecule has 0 fully saturated rings. The first-order valence-electron chi connectivity index (χ1n) is 5.93. The molecule has 0 aliphatic rings. The third-order valence-corrected chi connectivity index (χ3v) is 2.29. The van der Waals surface area contributed by atoms with Gasteiger partial charge in [0.1, 0.15) is 11.0 Å². The Labute approximate surface area is 118 Å². The van der Waals surface area contributed by atoms with E-state index in [0.29, 0.717) is 24.3 Å². The van der Waals surface area contributed by atoms with E-state index in [9.17, 15) is 4.79 Å². The summed E-state index contributed by atoms with van der Waals surface area (Å²) in [5.41, 5.74) is 0.195. The Morgan fingerprint density at radius 1 is 1.47 bits per heavy atom. The first kappa shape index (κ1) is 15.3. The van der Waals surface area contributed by atoms with Gasteiger partial charge in [-0.15, -0.1) is 0 Å². The van der Waals surface area contributed by atoms with Gasteiger partial charge in [0.05, 0.1) is 11.6 Å². The highest BCUT2D eigenvalue weighted by Crippen LogP contribution is 2.13. The largest absolute Gasteiger partial charge is 0.369 e. The van der Waals surface area contributed by atoms with Gasteiger partial charge in [-0.05, 0) is 32.9 Å². The average Bonchev–Trinajstić information content (AvgIpc) is 2.25. The van der Waals surface area contributed by atoms with Crippen molar-refractivity contribution in [3.63, 3.8) is 0 Å². The number of halogens is 1. The van der Waals surface area contributed by atoms with Crippen LogP contribution in [0.3, 0.4) is 0 Å². The quantitative estimate of drug-likeness (QED) is 0.830. The molecule has 5 nitrogen and oxygen atoms in total. The van der Waals surface area contributed by atoms with Gasteiger partial charge in [-0.25, -0.2) is 4.98 Å². The van der Waals surface area contributed by atoms with Gasteiger partial charge in [0, 0.05) is 18.5 Å². The molecular formula is C13H17ClN4O. The molecule has 0 aliphatic heterocycles. The van der Waals surface area contributed by atoms with Crippen molar-refractivity contribution in [3.05, 3.63) is 22.8 Å². The van der Waals surface area contributed by atoms with E-state index in [4.69, 9.17) is 16.9 Å². The summed E-state index contributed by atoms with van der Waals surface area (Å²) < 4.78 is 0. The molecule has 102 valence electrons. The van der Waals surface area contributed by atoms with Gasteiger partial charge in [0.15, 0.2) is 0 Å². The fourth-order valence-electron chi connectivity index (χ4n) is 1.44. The highest BCUT2D eigenvalue weighted by molar-refractivity contribution is 6.29. The molecule has 0 bridgehead atoms. The van der Waals surface area contributed by atoms with Crippen LogP contribution < -0.4 is 10.6 Å². The van der Waals surface area contributed by atoms with Crippen LogP contribution in [0.4, 0.5) is 5.82 Å². The standard InChI is InChI=1S/C13H17ClN4O/c1-13(2,3)18-12(19)4-5-16-11-7-9(8-15)6-10(14)17-11/h6-7H,4-5H2,1-3H3,(H,16,17)(H,18,19). The number of amides is 1. The number of nitrogens with zero attached hydrogens (tertiary/aromatic N) is 2. The van der Waals surface area contributed by atoms with Crippen molar-refractivity contribution in [2.75, 3.05) is 11.9 Å². The Hall–Kier alpha value is -1.80. The summed E-state index contributed by atoms with van der Waals surface area (Å²) in [6.07, 6.45) is 0.327. The zero-order chi connectivity index (χ0) is 14.5. The lowest BCUT2D eigenvalue weighted by Crippen LogP contribution is -2.41. The molecule has 0 unspecified atom stereocenters. The molecule has 1 heterocycles. The van der Waals surface area contributed by atoms with Crippen LogP contribution in [0.5, 0.6) is 0 Å². The molecule has 1 amide bonds. The number of rotatable bonds is 4. The molecule has 0 spiro atoms. The summed E-state index contributed by atoms with van der Waals surface area (Å²) >= 11 is 5.78. The summed E-state index contributed by atoms with van der Waals surface area (Å²) in [4.78, 5) is 15.6. The third-order valence-electron chi connectivity index (χ3n) is 2.10. The molecule has 1 rings (SSSR count). The van der Waals surface area contributed by atoms with Gasteiger partial charge in [-0.1, -0.05) is 11.6 Å². The number of hydrogen-bond donors (Lipinski definition) is 2. The van der Waals surface area contributed by atoms with Crippen LogP contribution in [0.1, 0.15) is 32.8 Å². The number of aromatic nitrogens is 1. The summed E-state index contributed by atoms with van der Waals surface area (Å²) in [7, 11) is 0. The molecule has 0 atom stereocenters. The molecule has 0 aliphatic carbocycles. The molecule has 1 aromatic rings. The molecule has 0 saturated carbocycles. The summed E-state index contributed by atoms with van der Waals surface area (Å²) in [5.74, 6) is 0.454. The molecular weight excluding hydrogens is 264 g/mol. The van der Waals surface area contributed by atoms with Gasteiger partial charge in [-0.2, -0.15) is 5.26 Å². The minimum Gasteiger partial charge on any atom is -0.369 e. The predicted octanol–water partition coefficient (Wildman–Crippen LogP) is 2.32. The first-order chi connectivity index (χ1) is 8.80.